The number of pyridine rings is 2. The third kappa shape index (κ3) is 6.82. The molecule has 0 radical (unpaired) electrons. The number of hydrogen-bond donors (Lipinski definition) is 2. The molecular formula is C24H25Cl2N5O3S. The Hall–Kier alpha value is -3.40. The number of anilines is 3. The second kappa shape index (κ2) is 12.3. The average Bonchev–Trinajstić information content (AvgIpc) is 3.30. The minimum absolute atomic E-state index is 0. The van der Waals surface area contributed by atoms with E-state index in [2.05, 4.69) is 15.3 Å². The number of nitrogens with zero attached hydrogens (tertiary/aromatic N) is 4. The Morgan fingerprint density at radius 3 is 2.63 bits per heavy atom. The monoisotopic (exact) mass is 533 g/mol. The molecule has 0 saturated heterocycles. The van der Waals surface area contributed by atoms with Gasteiger partial charge < -0.3 is 20.1 Å². The lowest BCUT2D eigenvalue weighted by molar-refractivity contribution is 0.0696. The van der Waals surface area contributed by atoms with Gasteiger partial charge in [-0.05, 0) is 48.9 Å². The molecule has 0 bridgehead atoms. The van der Waals surface area contributed by atoms with Gasteiger partial charge in [0.15, 0.2) is 5.13 Å². The predicted molar refractivity (Wildman–Crippen MR) is 144 cm³/mol. The zero-order valence-corrected chi connectivity index (χ0v) is 21.7. The highest BCUT2D eigenvalue weighted by atomic mass is 35.5. The lowest BCUT2D eigenvalue weighted by Crippen LogP contribution is -2.16. The predicted octanol–water partition coefficient (Wildman–Crippen LogP) is 5.84. The van der Waals surface area contributed by atoms with Crippen LogP contribution >= 0.6 is 36.2 Å². The van der Waals surface area contributed by atoms with Gasteiger partial charge in [0.25, 0.3) is 0 Å². The highest BCUT2D eigenvalue weighted by molar-refractivity contribution is 7.18. The number of nitrogens with one attached hydrogen (secondary N) is 1. The van der Waals surface area contributed by atoms with Crippen molar-refractivity contribution in [2.24, 2.45) is 0 Å². The van der Waals surface area contributed by atoms with Crippen molar-refractivity contribution in [3.8, 4) is 16.3 Å². The fourth-order valence-electron chi connectivity index (χ4n) is 3.27. The average molecular weight is 534 g/mol. The van der Waals surface area contributed by atoms with E-state index < -0.39 is 5.97 Å². The fourth-order valence-corrected chi connectivity index (χ4v) is 4.11. The number of carbonyl (C=O) groups is 1. The molecule has 0 atom stereocenters. The topological polar surface area (TPSA) is 100 Å². The maximum atomic E-state index is 11.2. The van der Waals surface area contributed by atoms with Gasteiger partial charge in [-0.15, -0.1) is 24.8 Å². The minimum atomic E-state index is -0.986. The maximum absolute atomic E-state index is 11.2. The van der Waals surface area contributed by atoms with Crippen molar-refractivity contribution in [3.05, 3.63) is 77.6 Å². The SMILES string of the molecule is COc1cc(C(=O)O)ccc1CN(C)c1ncc(-c2cccc(Nc3cc(C)ccn3)n2)s1.Cl.Cl. The second-order valence-corrected chi connectivity index (χ2v) is 8.46. The second-order valence-electron chi connectivity index (χ2n) is 7.45. The number of benzene rings is 1. The molecule has 0 saturated carbocycles. The molecule has 8 nitrogen and oxygen atoms in total. The van der Waals surface area contributed by atoms with Gasteiger partial charge >= 0.3 is 5.97 Å². The normalized spacial score (nSPS) is 10.0. The Labute approximate surface area is 219 Å². The van der Waals surface area contributed by atoms with E-state index in [1.54, 1.807) is 24.5 Å². The van der Waals surface area contributed by atoms with Gasteiger partial charge in [0.2, 0.25) is 0 Å². The van der Waals surface area contributed by atoms with Crippen LogP contribution in [0.5, 0.6) is 5.75 Å². The molecule has 0 aliphatic rings. The Morgan fingerprint density at radius 2 is 1.91 bits per heavy atom. The fraction of sp³-hybridized carbons (Fsp3) is 0.167. The Bertz CT molecular complexity index is 1300. The van der Waals surface area contributed by atoms with Crippen LogP contribution in [0.1, 0.15) is 21.5 Å². The number of methoxy groups -OCH3 is 1. The van der Waals surface area contributed by atoms with Gasteiger partial charge in [0.1, 0.15) is 17.4 Å². The van der Waals surface area contributed by atoms with Crippen molar-refractivity contribution in [2.75, 3.05) is 24.4 Å². The molecule has 3 heterocycles. The first-order chi connectivity index (χ1) is 15.9. The van der Waals surface area contributed by atoms with E-state index in [-0.39, 0.29) is 30.4 Å². The number of carboxylic acids is 1. The zero-order chi connectivity index (χ0) is 23.4. The Balaban J connectivity index is 0.00000216. The lowest BCUT2D eigenvalue weighted by Gasteiger charge is -2.18. The van der Waals surface area contributed by atoms with Crippen molar-refractivity contribution < 1.29 is 14.6 Å². The molecule has 1 aromatic carbocycles. The van der Waals surface area contributed by atoms with Crippen molar-refractivity contribution >= 4 is 58.9 Å². The molecule has 0 aliphatic carbocycles. The summed E-state index contributed by atoms with van der Waals surface area (Å²) in [6, 6.07) is 14.6. The summed E-state index contributed by atoms with van der Waals surface area (Å²) < 4.78 is 5.39. The summed E-state index contributed by atoms with van der Waals surface area (Å²) in [5, 5.41) is 13.2. The summed E-state index contributed by atoms with van der Waals surface area (Å²) in [4.78, 5) is 27.7. The van der Waals surface area contributed by atoms with Crippen LogP contribution in [0.4, 0.5) is 16.8 Å². The van der Waals surface area contributed by atoms with E-state index in [4.69, 9.17) is 9.72 Å². The van der Waals surface area contributed by atoms with Gasteiger partial charge in [-0.2, -0.15) is 0 Å². The summed E-state index contributed by atoms with van der Waals surface area (Å²) in [6.45, 7) is 2.53. The van der Waals surface area contributed by atoms with Gasteiger partial charge in [-0.3, -0.25) is 0 Å². The van der Waals surface area contributed by atoms with Crippen molar-refractivity contribution in [2.45, 2.75) is 13.5 Å². The first-order valence-electron chi connectivity index (χ1n) is 10.2. The molecule has 0 unspecified atom stereocenters. The number of hydrogen-bond acceptors (Lipinski definition) is 8. The minimum Gasteiger partial charge on any atom is -0.496 e. The Kier molecular flexibility index (Phi) is 9.82. The van der Waals surface area contributed by atoms with Crippen LogP contribution < -0.4 is 15.0 Å². The lowest BCUT2D eigenvalue weighted by atomic mass is 10.1. The van der Waals surface area contributed by atoms with Gasteiger partial charge in [0.05, 0.1) is 23.2 Å². The molecule has 2 N–H and O–H groups in total. The van der Waals surface area contributed by atoms with Crippen LogP contribution in [0.25, 0.3) is 10.6 Å². The zero-order valence-electron chi connectivity index (χ0n) is 19.3. The van der Waals surface area contributed by atoms with Crippen LogP contribution in [-0.2, 0) is 6.54 Å². The summed E-state index contributed by atoms with van der Waals surface area (Å²) in [5.74, 6) is 0.994. The van der Waals surface area contributed by atoms with Crippen LogP contribution in [0.15, 0.2) is 60.9 Å². The van der Waals surface area contributed by atoms with E-state index >= 15 is 0 Å². The van der Waals surface area contributed by atoms with Crippen molar-refractivity contribution in [1.82, 2.24) is 15.0 Å². The molecule has 4 rings (SSSR count). The van der Waals surface area contributed by atoms with E-state index in [1.807, 2.05) is 49.2 Å². The standard InChI is InChI=1S/C24H23N5O3S.2ClH/c1-15-9-10-25-22(11-15)28-21-6-4-5-18(27-21)20-13-26-24(33-20)29(2)14-17-8-7-16(23(30)31)12-19(17)32-3;;/h4-13H,14H2,1-3H3,(H,30,31)(H,25,27,28);2*1H. The van der Waals surface area contributed by atoms with E-state index in [9.17, 15) is 9.90 Å². The number of aromatic nitrogens is 3. The number of carboxylic acid groups (broad SMARTS) is 1. The molecule has 0 fully saturated rings. The highest BCUT2D eigenvalue weighted by Gasteiger charge is 2.14. The maximum Gasteiger partial charge on any atom is 0.335 e. The number of aromatic carboxylic acids is 1. The van der Waals surface area contributed by atoms with Crippen LogP contribution in [0.3, 0.4) is 0 Å². The molecule has 11 heteroatoms. The first-order valence-corrected chi connectivity index (χ1v) is 11.0. The van der Waals surface area contributed by atoms with Crippen molar-refractivity contribution in [3.63, 3.8) is 0 Å². The van der Waals surface area contributed by atoms with Gasteiger partial charge in [-0.25, -0.2) is 19.7 Å². The molecule has 4 aromatic rings. The van der Waals surface area contributed by atoms with E-state index in [0.29, 0.717) is 18.1 Å². The number of aryl methyl sites for hydroxylation is 1. The summed E-state index contributed by atoms with van der Waals surface area (Å²) >= 11 is 1.53. The number of thiazole rings is 1. The highest BCUT2D eigenvalue weighted by Crippen LogP contribution is 2.32. The summed E-state index contributed by atoms with van der Waals surface area (Å²) in [7, 11) is 3.47. The Morgan fingerprint density at radius 1 is 1.11 bits per heavy atom. The smallest absolute Gasteiger partial charge is 0.335 e. The van der Waals surface area contributed by atoms with Crippen LogP contribution in [0.2, 0.25) is 0 Å². The van der Waals surface area contributed by atoms with Crippen molar-refractivity contribution in [1.29, 1.82) is 0 Å². The van der Waals surface area contributed by atoms with Gasteiger partial charge in [-0.1, -0.05) is 23.5 Å². The largest absolute Gasteiger partial charge is 0.496 e. The van der Waals surface area contributed by atoms with Crippen LogP contribution in [0, 0.1) is 6.92 Å². The molecule has 0 amide bonds. The molecular weight excluding hydrogens is 509 g/mol. The molecule has 0 aliphatic heterocycles. The first kappa shape index (κ1) is 27.8. The third-order valence-electron chi connectivity index (χ3n) is 4.93. The molecule has 0 spiro atoms. The number of ether oxygens (including phenoxy) is 1. The van der Waals surface area contributed by atoms with E-state index in [1.165, 1.54) is 24.5 Å². The third-order valence-corrected chi connectivity index (χ3v) is 6.07. The summed E-state index contributed by atoms with van der Waals surface area (Å²) in [6.07, 6.45) is 3.56. The quantitative estimate of drug-likeness (QED) is 0.291. The number of halogens is 2. The summed E-state index contributed by atoms with van der Waals surface area (Å²) in [5.41, 5.74) is 2.99. The molecule has 3 aromatic heterocycles. The molecule has 184 valence electrons. The molecule has 35 heavy (non-hydrogen) atoms. The van der Waals surface area contributed by atoms with Gasteiger partial charge in [0, 0.05) is 31.5 Å². The number of rotatable bonds is 8. The van der Waals surface area contributed by atoms with E-state index in [0.717, 1.165) is 32.6 Å². The van der Waals surface area contributed by atoms with Crippen LogP contribution in [-0.4, -0.2) is 40.2 Å².